The molecule has 0 bridgehead atoms. The van der Waals surface area contributed by atoms with Crippen molar-refractivity contribution >= 4 is 12.0 Å². The molecule has 2 N–H and O–H groups in total. The lowest BCUT2D eigenvalue weighted by atomic mass is 9.99. The van der Waals surface area contributed by atoms with Crippen molar-refractivity contribution in [2.24, 2.45) is 5.92 Å². The Hall–Kier alpha value is -1.26. The van der Waals surface area contributed by atoms with Crippen LogP contribution in [0.4, 0.5) is 4.79 Å². The van der Waals surface area contributed by atoms with Crippen LogP contribution >= 0.6 is 0 Å². The van der Waals surface area contributed by atoms with Crippen LogP contribution in [0.2, 0.25) is 0 Å². The summed E-state index contributed by atoms with van der Waals surface area (Å²) in [6, 6.07) is 0. The molecule has 0 aliphatic carbocycles. The molecule has 5 nitrogen and oxygen atoms in total. The molecule has 2 amide bonds. The van der Waals surface area contributed by atoms with Crippen molar-refractivity contribution in [3.63, 3.8) is 0 Å². The minimum absolute atomic E-state index is 0.0161. The van der Waals surface area contributed by atoms with Crippen molar-refractivity contribution in [3.8, 4) is 0 Å². The van der Waals surface area contributed by atoms with Gasteiger partial charge in [-0.25, -0.2) is 4.79 Å². The van der Waals surface area contributed by atoms with Crippen LogP contribution in [0.3, 0.4) is 0 Å². The summed E-state index contributed by atoms with van der Waals surface area (Å²) < 4.78 is 5.13. The number of hydrogen-bond donors (Lipinski definition) is 2. The van der Waals surface area contributed by atoms with Gasteiger partial charge in [-0.2, -0.15) is 0 Å². The van der Waals surface area contributed by atoms with E-state index in [9.17, 15) is 9.59 Å². The smallest absolute Gasteiger partial charge is 0.407 e. The van der Waals surface area contributed by atoms with E-state index in [1.807, 2.05) is 20.8 Å². The highest BCUT2D eigenvalue weighted by Gasteiger charge is 2.21. The number of carbonyl (C=O) groups excluding carboxylic acids is 2. The summed E-state index contributed by atoms with van der Waals surface area (Å²) in [6.07, 6.45) is 3.27. The van der Waals surface area contributed by atoms with E-state index < -0.39 is 11.7 Å². The molecule has 1 unspecified atom stereocenters. The van der Waals surface area contributed by atoms with Gasteiger partial charge < -0.3 is 15.4 Å². The monoisotopic (exact) mass is 256 g/mol. The lowest BCUT2D eigenvalue weighted by Crippen LogP contribution is -2.35. The molecule has 0 spiro atoms. The zero-order valence-corrected chi connectivity index (χ0v) is 11.5. The number of amides is 2. The van der Waals surface area contributed by atoms with Crippen molar-refractivity contribution in [1.82, 2.24) is 10.6 Å². The fourth-order valence-electron chi connectivity index (χ4n) is 1.94. The molecule has 1 atom stereocenters. The SMILES string of the molecule is CC(C)(C)OC(=O)NCCC1CCCCNC1=O. The Bertz CT molecular complexity index is 297. The van der Waals surface area contributed by atoms with Crippen molar-refractivity contribution in [3.05, 3.63) is 0 Å². The Labute approximate surface area is 109 Å². The standard InChI is InChI=1S/C13H24N2O3/c1-13(2,3)18-12(17)15-9-7-10-6-4-5-8-14-11(10)16/h10H,4-9H2,1-3H3,(H,14,16)(H,15,17). The van der Waals surface area contributed by atoms with E-state index in [2.05, 4.69) is 10.6 Å². The average Bonchev–Trinajstić information content (AvgIpc) is 2.41. The highest BCUT2D eigenvalue weighted by Crippen LogP contribution is 2.15. The van der Waals surface area contributed by atoms with Crippen LogP contribution in [0.15, 0.2) is 0 Å². The maximum absolute atomic E-state index is 11.7. The Morgan fingerprint density at radius 2 is 2.17 bits per heavy atom. The normalized spacial score (nSPS) is 20.8. The molecular weight excluding hydrogens is 232 g/mol. The van der Waals surface area contributed by atoms with E-state index in [1.165, 1.54) is 0 Å². The molecule has 1 heterocycles. The van der Waals surface area contributed by atoms with Crippen LogP contribution in [-0.4, -0.2) is 30.7 Å². The van der Waals surface area contributed by atoms with Gasteiger partial charge in [0, 0.05) is 19.0 Å². The summed E-state index contributed by atoms with van der Waals surface area (Å²) in [4.78, 5) is 23.1. The van der Waals surface area contributed by atoms with Crippen molar-refractivity contribution < 1.29 is 14.3 Å². The first-order valence-corrected chi connectivity index (χ1v) is 6.63. The molecule has 1 aliphatic rings. The van der Waals surface area contributed by atoms with E-state index in [0.29, 0.717) is 13.0 Å². The molecule has 1 aliphatic heterocycles. The Morgan fingerprint density at radius 3 is 2.83 bits per heavy atom. The minimum atomic E-state index is -0.482. The predicted octanol–water partition coefficient (Wildman–Crippen LogP) is 1.82. The second kappa shape index (κ2) is 6.61. The van der Waals surface area contributed by atoms with Crippen molar-refractivity contribution in [2.45, 2.75) is 52.1 Å². The summed E-state index contributed by atoms with van der Waals surface area (Å²) in [7, 11) is 0. The highest BCUT2D eigenvalue weighted by atomic mass is 16.6. The molecule has 104 valence electrons. The fourth-order valence-corrected chi connectivity index (χ4v) is 1.94. The van der Waals surface area contributed by atoms with Gasteiger partial charge in [-0.05, 0) is 40.0 Å². The van der Waals surface area contributed by atoms with Gasteiger partial charge in [0.15, 0.2) is 0 Å². The van der Waals surface area contributed by atoms with E-state index in [1.54, 1.807) is 0 Å². The van der Waals surface area contributed by atoms with E-state index in [-0.39, 0.29) is 11.8 Å². The average molecular weight is 256 g/mol. The van der Waals surface area contributed by atoms with Gasteiger partial charge in [0.05, 0.1) is 0 Å². The molecule has 1 fully saturated rings. The molecule has 0 aromatic heterocycles. The van der Waals surface area contributed by atoms with E-state index >= 15 is 0 Å². The first kappa shape index (κ1) is 14.8. The first-order chi connectivity index (χ1) is 8.38. The first-order valence-electron chi connectivity index (χ1n) is 6.63. The molecule has 0 aromatic carbocycles. The Morgan fingerprint density at radius 1 is 1.44 bits per heavy atom. The second-order valence-electron chi connectivity index (χ2n) is 5.70. The second-order valence-corrected chi connectivity index (χ2v) is 5.70. The Balaban J connectivity index is 2.24. The van der Waals surface area contributed by atoms with Crippen molar-refractivity contribution in [2.75, 3.05) is 13.1 Å². The summed E-state index contributed by atoms with van der Waals surface area (Å²) >= 11 is 0. The third kappa shape index (κ3) is 5.89. The summed E-state index contributed by atoms with van der Waals surface area (Å²) in [5.74, 6) is 0.126. The zero-order chi connectivity index (χ0) is 13.6. The molecule has 1 saturated heterocycles. The number of carbonyl (C=O) groups is 2. The van der Waals surface area contributed by atoms with Gasteiger partial charge in [-0.3, -0.25) is 4.79 Å². The van der Waals surface area contributed by atoms with Gasteiger partial charge in [-0.1, -0.05) is 6.42 Å². The van der Waals surface area contributed by atoms with E-state index in [4.69, 9.17) is 4.74 Å². The van der Waals surface area contributed by atoms with Crippen LogP contribution in [0.25, 0.3) is 0 Å². The molecule has 18 heavy (non-hydrogen) atoms. The van der Waals surface area contributed by atoms with Gasteiger partial charge in [0.2, 0.25) is 5.91 Å². The van der Waals surface area contributed by atoms with Crippen LogP contribution in [-0.2, 0) is 9.53 Å². The number of rotatable bonds is 3. The quantitative estimate of drug-likeness (QED) is 0.809. The highest BCUT2D eigenvalue weighted by molar-refractivity contribution is 5.78. The fraction of sp³-hybridized carbons (Fsp3) is 0.846. The topological polar surface area (TPSA) is 67.4 Å². The lowest BCUT2D eigenvalue weighted by Gasteiger charge is -2.20. The van der Waals surface area contributed by atoms with Crippen LogP contribution in [0.5, 0.6) is 0 Å². The van der Waals surface area contributed by atoms with Crippen LogP contribution in [0.1, 0.15) is 46.5 Å². The maximum Gasteiger partial charge on any atom is 0.407 e. The molecule has 0 radical (unpaired) electrons. The summed E-state index contributed by atoms with van der Waals surface area (Å²) in [5, 5.41) is 5.57. The van der Waals surface area contributed by atoms with Crippen LogP contribution < -0.4 is 10.6 Å². The largest absolute Gasteiger partial charge is 0.444 e. The minimum Gasteiger partial charge on any atom is -0.444 e. The molecule has 0 saturated carbocycles. The Kier molecular flexibility index (Phi) is 5.44. The van der Waals surface area contributed by atoms with Gasteiger partial charge >= 0.3 is 6.09 Å². The van der Waals surface area contributed by atoms with Gasteiger partial charge in [-0.15, -0.1) is 0 Å². The molecule has 1 rings (SSSR count). The zero-order valence-electron chi connectivity index (χ0n) is 11.5. The number of nitrogens with one attached hydrogen (secondary N) is 2. The van der Waals surface area contributed by atoms with Gasteiger partial charge in [0.25, 0.3) is 0 Å². The third-order valence-corrected chi connectivity index (χ3v) is 2.81. The molecular formula is C13H24N2O3. The summed E-state index contributed by atoms with van der Waals surface area (Å²) in [6.45, 7) is 6.73. The third-order valence-electron chi connectivity index (χ3n) is 2.81. The number of ether oxygens (including phenoxy) is 1. The van der Waals surface area contributed by atoms with Crippen molar-refractivity contribution in [1.29, 1.82) is 0 Å². The molecule has 5 heteroatoms. The summed E-state index contributed by atoms with van der Waals surface area (Å²) in [5.41, 5.74) is -0.482. The lowest BCUT2D eigenvalue weighted by molar-refractivity contribution is -0.124. The maximum atomic E-state index is 11.7. The predicted molar refractivity (Wildman–Crippen MR) is 69.2 cm³/mol. The van der Waals surface area contributed by atoms with Crippen LogP contribution in [0, 0.1) is 5.92 Å². The van der Waals surface area contributed by atoms with Gasteiger partial charge in [0.1, 0.15) is 5.60 Å². The number of alkyl carbamates (subject to hydrolysis) is 1. The van der Waals surface area contributed by atoms with E-state index in [0.717, 1.165) is 25.8 Å². The molecule has 0 aromatic rings. The number of hydrogen-bond acceptors (Lipinski definition) is 3.